The summed E-state index contributed by atoms with van der Waals surface area (Å²) >= 11 is 1.61. The average Bonchev–Trinajstić information content (AvgIpc) is 3.21. The summed E-state index contributed by atoms with van der Waals surface area (Å²) in [5.41, 5.74) is 1.73. The summed E-state index contributed by atoms with van der Waals surface area (Å²) in [6.07, 6.45) is 4.94. The molecule has 5 nitrogen and oxygen atoms in total. The van der Waals surface area contributed by atoms with E-state index in [-0.39, 0.29) is 12.5 Å². The van der Waals surface area contributed by atoms with Crippen LogP contribution >= 0.6 is 11.3 Å². The van der Waals surface area contributed by atoms with Gasteiger partial charge in [-0.05, 0) is 50.3 Å². The molecule has 0 saturated carbocycles. The van der Waals surface area contributed by atoms with Gasteiger partial charge >= 0.3 is 5.97 Å². The Labute approximate surface area is 138 Å². The van der Waals surface area contributed by atoms with E-state index in [9.17, 15) is 9.59 Å². The molecule has 0 saturated heterocycles. The Kier molecular flexibility index (Phi) is 4.81. The molecular weight excluding hydrogens is 314 g/mol. The van der Waals surface area contributed by atoms with Crippen LogP contribution in [0.3, 0.4) is 0 Å². The van der Waals surface area contributed by atoms with Gasteiger partial charge in [-0.3, -0.25) is 4.79 Å². The SMILES string of the molecule is C[C@@H](OC(=O)c1csc2c1CCCC2)C(=O)NCc1ccco1. The van der Waals surface area contributed by atoms with Crippen molar-refractivity contribution < 1.29 is 18.7 Å². The number of nitrogens with one attached hydrogen (secondary N) is 1. The number of hydrogen-bond acceptors (Lipinski definition) is 5. The zero-order valence-corrected chi connectivity index (χ0v) is 13.8. The zero-order valence-electron chi connectivity index (χ0n) is 13.0. The maximum absolute atomic E-state index is 12.3. The Bertz CT molecular complexity index is 690. The highest BCUT2D eigenvalue weighted by Gasteiger charge is 2.24. The molecule has 1 atom stereocenters. The van der Waals surface area contributed by atoms with Gasteiger partial charge in [0.15, 0.2) is 6.10 Å². The van der Waals surface area contributed by atoms with Crippen LogP contribution in [0.15, 0.2) is 28.2 Å². The molecule has 2 aromatic heterocycles. The van der Waals surface area contributed by atoms with Gasteiger partial charge in [-0.1, -0.05) is 0 Å². The van der Waals surface area contributed by atoms with Crippen LogP contribution in [-0.4, -0.2) is 18.0 Å². The molecule has 0 fully saturated rings. The summed E-state index contributed by atoms with van der Waals surface area (Å²) < 4.78 is 10.5. The molecule has 1 amide bonds. The fourth-order valence-corrected chi connectivity index (χ4v) is 3.79. The molecule has 0 unspecified atom stereocenters. The van der Waals surface area contributed by atoms with Gasteiger partial charge in [0.05, 0.1) is 18.4 Å². The Morgan fingerprint density at radius 2 is 2.22 bits per heavy atom. The molecule has 3 rings (SSSR count). The highest BCUT2D eigenvalue weighted by atomic mass is 32.1. The number of carbonyl (C=O) groups excluding carboxylic acids is 2. The molecule has 2 aromatic rings. The van der Waals surface area contributed by atoms with Crippen LogP contribution in [0, 0.1) is 0 Å². The van der Waals surface area contributed by atoms with Crippen molar-refractivity contribution >= 4 is 23.2 Å². The van der Waals surface area contributed by atoms with Gasteiger partial charge in [-0.25, -0.2) is 4.79 Å². The summed E-state index contributed by atoms with van der Waals surface area (Å²) in [6, 6.07) is 3.53. The van der Waals surface area contributed by atoms with E-state index in [4.69, 9.17) is 9.15 Å². The van der Waals surface area contributed by atoms with E-state index in [1.807, 2.05) is 5.38 Å². The maximum atomic E-state index is 12.3. The van der Waals surface area contributed by atoms with E-state index >= 15 is 0 Å². The second kappa shape index (κ2) is 7.00. The highest BCUT2D eigenvalue weighted by Crippen LogP contribution is 2.30. The molecule has 1 aliphatic carbocycles. The first-order valence-electron chi connectivity index (χ1n) is 7.75. The lowest BCUT2D eigenvalue weighted by Gasteiger charge is -2.15. The number of carbonyl (C=O) groups is 2. The number of aryl methyl sites for hydroxylation is 1. The van der Waals surface area contributed by atoms with Gasteiger partial charge in [-0.15, -0.1) is 11.3 Å². The van der Waals surface area contributed by atoms with E-state index < -0.39 is 12.1 Å². The van der Waals surface area contributed by atoms with E-state index in [0.29, 0.717) is 11.3 Å². The van der Waals surface area contributed by atoms with Gasteiger partial charge in [0, 0.05) is 10.3 Å². The molecule has 0 aliphatic heterocycles. The number of amides is 1. The normalized spacial score (nSPS) is 14.8. The number of ether oxygens (including phenoxy) is 1. The lowest BCUT2D eigenvalue weighted by atomic mass is 9.96. The minimum atomic E-state index is -0.836. The maximum Gasteiger partial charge on any atom is 0.340 e. The van der Waals surface area contributed by atoms with Crippen molar-refractivity contribution in [3.8, 4) is 0 Å². The van der Waals surface area contributed by atoms with Crippen molar-refractivity contribution in [1.82, 2.24) is 5.32 Å². The second-order valence-corrected chi connectivity index (χ2v) is 6.57. The van der Waals surface area contributed by atoms with Gasteiger partial charge in [0.25, 0.3) is 5.91 Å². The number of rotatable bonds is 5. The minimum Gasteiger partial charge on any atom is -0.467 e. The molecule has 0 bridgehead atoms. The zero-order chi connectivity index (χ0) is 16.2. The Hall–Kier alpha value is -2.08. The van der Waals surface area contributed by atoms with Crippen molar-refractivity contribution in [1.29, 1.82) is 0 Å². The predicted molar refractivity (Wildman–Crippen MR) is 86.4 cm³/mol. The van der Waals surface area contributed by atoms with Crippen molar-refractivity contribution in [3.63, 3.8) is 0 Å². The van der Waals surface area contributed by atoms with Gasteiger partial charge < -0.3 is 14.5 Å². The fourth-order valence-electron chi connectivity index (χ4n) is 2.67. The van der Waals surface area contributed by atoms with Crippen LogP contribution in [0.2, 0.25) is 0 Å². The van der Waals surface area contributed by atoms with Crippen molar-refractivity contribution in [2.45, 2.75) is 45.3 Å². The topological polar surface area (TPSA) is 68.5 Å². The second-order valence-electron chi connectivity index (χ2n) is 5.60. The van der Waals surface area contributed by atoms with Gasteiger partial charge in [0.1, 0.15) is 5.76 Å². The highest BCUT2D eigenvalue weighted by molar-refractivity contribution is 7.10. The lowest BCUT2D eigenvalue weighted by molar-refractivity contribution is -0.129. The molecule has 0 spiro atoms. The monoisotopic (exact) mass is 333 g/mol. The first kappa shape index (κ1) is 15.8. The van der Waals surface area contributed by atoms with Crippen molar-refractivity contribution in [2.75, 3.05) is 0 Å². The largest absolute Gasteiger partial charge is 0.467 e. The molecule has 0 radical (unpaired) electrons. The third-order valence-corrected chi connectivity index (χ3v) is 5.04. The quantitative estimate of drug-likeness (QED) is 0.854. The summed E-state index contributed by atoms with van der Waals surface area (Å²) in [5, 5.41) is 4.54. The Balaban J connectivity index is 1.56. The van der Waals surface area contributed by atoms with Crippen molar-refractivity contribution in [2.24, 2.45) is 0 Å². The van der Waals surface area contributed by atoms with E-state index in [0.717, 1.165) is 24.8 Å². The van der Waals surface area contributed by atoms with E-state index in [1.54, 1.807) is 36.7 Å². The third-order valence-electron chi connectivity index (χ3n) is 3.95. The average molecular weight is 333 g/mol. The van der Waals surface area contributed by atoms with E-state index in [1.165, 1.54) is 11.3 Å². The van der Waals surface area contributed by atoms with Crippen LogP contribution in [0.1, 0.15) is 46.3 Å². The number of hydrogen-bond donors (Lipinski definition) is 1. The number of thiophene rings is 1. The van der Waals surface area contributed by atoms with Crippen LogP contribution in [0.4, 0.5) is 0 Å². The third kappa shape index (κ3) is 3.64. The van der Waals surface area contributed by atoms with Crippen LogP contribution in [0.5, 0.6) is 0 Å². The van der Waals surface area contributed by atoms with Crippen molar-refractivity contribution in [3.05, 3.63) is 45.5 Å². The standard InChI is InChI=1S/C17H19NO4S/c1-11(16(19)18-9-12-5-4-8-21-12)22-17(20)14-10-23-15-7-3-2-6-13(14)15/h4-5,8,10-11H,2-3,6-7,9H2,1H3,(H,18,19)/t11-/m1/s1. The fraction of sp³-hybridized carbons (Fsp3) is 0.412. The molecule has 1 N–H and O–H groups in total. The van der Waals surface area contributed by atoms with Crippen LogP contribution in [0.25, 0.3) is 0 Å². The number of fused-ring (bicyclic) bond motifs is 1. The predicted octanol–water partition coefficient (Wildman–Crippen LogP) is 3.08. The van der Waals surface area contributed by atoms with Gasteiger partial charge in [-0.2, -0.15) is 0 Å². The smallest absolute Gasteiger partial charge is 0.340 e. The molecular formula is C17H19NO4S. The molecule has 1 aliphatic rings. The number of furan rings is 1. The first-order valence-corrected chi connectivity index (χ1v) is 8.63. The summed E-state index contributed by atoms with van der Waals surface area (Å²) in [5.74, 6) is -0.0901. The first-order chi connectivity index (χ1) is 11.1. The summed E-state index contributed by atoms with van der Waals surface area (Å²) in [4.78, 5) is 25.6. The Morgan fingerprint density at radius 3 is 3.00 bits per heavy atom. The summed E-state index contributed by atoms with van der Waals surface area (Å²) in [6.45, 7) is 1.86. The summed E-state index contributed by atoms with van der Waals surface area (Å²) in [7, 11) is 0. The molecule has 2 heterocycles. The van der Waals surface area contributed by atoms with Crippen LogP contribution < -0.4 is 5.32 Å². The lowest BCUT2D eigenvalue weighted by Crippen LogP contribution is -2.35. The minimum absolute atomic E-state index is 0.279. The molecule has 6 heteroatoms. The number of esters is 1. The van der Waals surface area contributed by atoms with E-state index in [2.05, 4.69) is 5.32 Å². The van der Waals surface area contributed by atoms with Crippen LogP contribution in [-0.2, 0) is 28.9 Å². The molecule has 23 heavy (non-hydrogen) atoms. The molecule has 122 valence electrons. The van der Waals surface area contributed by atoms with Gasteiger partial charge in [0.2, 0.25) is 0 Å². The Morgan fingerprint density at radius 1 is 1.39 bits per heavy atom. The molecule has 0 aromatic carbocycles.